The summed E-state index contributed by atoms with van der Waals surface area (Å²) in [5.74, 6) is 1.19. The maximum atomic E-state index is 13.2. The third kappa shape index (κ3) is 4.18. The van der Waals surface area contributed by atoms with Gasteiger partial charge in [-0.2, -0.15) is 4.98 Å². The summed E-state index contributed by atoms with van der Waals surface area (Å²) in [5, 5.41) is 5.16. The van der Waals surface area contributed by atoms with Crippen molar-refractivity contribution in [2.45, 2.75) is 33.2 Å². The third-order valence-electron chi connectivity index (χ3n) is 5.96. The van der Waals surface area contributed by atoms with Crippen molar-refractivity contribution in [3.8, 4) is 22.2 Å². The molecule has 33 heavy (non-hydrogen) atoms. The number of hydrogen-bond donors (Lipinski definition) is 0. The van der Waals surface area contributed by atoms with E-state index in [0.717, 1.165) is 31.5 Å². The topological polar surface area (TPSA) is 94.1 Å². The third-order valence-corrected chi connectivity index (χ3v) is 7.40. The highest BCUT2D eigenvalue weighted by atomic mass is 35.5. The van der Waals surface area contributed by atoms with E-state index in [9.17, 15) is 9.59 Å². The number of carbonyl (C=O) groups is 1. The minimum absolute atomic E-state index is 0.0135. The van der Waals surface area contributed by atoms with Crippen molar-refractivity contribution in [2.24, 2.45) is 5.92 Å². The van der Waals surface area contributed by atoms with Crippen LogP contribution in [0.4, 0.5) is 0 Å². The van der Waals surface area contributed by atoms with E-state index in [0.29, 0.717) is 43.3 Å². The van der Waals surface area contributed by atoms with Crippen LogP contribution in [0.1, 0.15) is 25.3 Å². The zero-order valence-corrected chi connectivity index (χ0v) is 19.8. The Morgan fingerprint density at radius 1 is 1.30 bits per heavy atom. The number of nitrogens with zero attached hydrogens (tertiary/aromatic N) is 5. The van der Waals surface area contributed by atoms with Crippen LogP contribution in [0.15, 0.2) is 39.9 Å². The van der Waals surface area contributed by atoms with Gasteiger partial charge in [0.05, 0.1) is 16.6 Å². The Bertz CT molecular complexity index is 1390. The number of likely N-dealkylation sites (tertiary alicyclic amines) is 1. The fraction of sp³-hybridized carbons (Fsp3) is 0.348. The molecule has 0 bridgehead atoms. The van der Waals surface area contributed by atoms with Gasteiger partial charge in [-0.25, -0.2) is 4.98 Å². The Balaban J connectivity index is 1.45. The zero-order valence-electron chi connectivity index (χ0n) is 18.2. The molecule has 1 amide bonds. The summed E-state index contributed by atoms with van der Waals surface area (Å²) in [4.78, 5) is 38.0. The predicted octanol–water partition coefficient (Wildman–Crippen LogP) is 4.40. The van der Waals surface area contributed by atoms with Gasteiger partial charge in [0.2, 0.25) is 11.7 Å². The average Bonchev–Trinajstić information content (AvgIpc) is 3.41. The molecule has 0 radical (unpaired) electrons. The summed E-state index contributed by atoms with van der Waals surface area (Å²) in [6, 6.07) is 7.15. The minimum atomic E-state index is -0.240. The molecule has 3 aromatic heterocycles. The van der Waals surface area contributed by atoms with Gasteiger partial charge in [0.25, 0.3) is 11.4 Å². The number of amides is 1. The smallest absolute Gasteiger partial charge is 0.268 e. The van der Waals surface area contributed by atoms with Gasteiger partial charge in [-0.15, -0.1) is 11.3 Å². The highest BCUT2D eigenvalue weighted by molar-refractivity contribution is 7.22. The molecule has 5 rings (SSSR count). The van der Waals surface area contributed by atoms with Crippen molar-refractivity contribution < 1.29 is 9.32 Å². The van der Waals surface area contributed by atoms with E-state index in [4.69, 9.17) is 16.1 Å². The monoisotopic (exact) mass is 483 g/mol. The second-order valence-corrected chi connectivity index (χ2v) is 9.87. The first-order chi connectivity index (χ1) is 15.9. The molecule has 170 valence electrons. The van der Waals surface area contributed by atoms with Crippen molar-refractivity contribution in [3.05, 3.63) is 51.5 Å². The van der Waals surface area contributed by atoms with E-state index < -0.39 is 0 Å². The van der Waals surface area contributed by atoms with Crippen LogP contribution in [0.25, 0.3) is 32.4 Å². The number of aromatic nitrogens is 4. The molecule has 1 fully saturated rings. The normalized spacial score (nSPS) is 16.5. The van der Waals surface area contributed by atoms with Crippen LogP contribution in [0.3, 0.4) is 0 Å². The van der Waals surface area contributed by atoms with E-state index in [1.165, 1.54) is 22.2 Å². The molecule has 10 heteroatoms. The Kier molecular flexibility index (Phi) is 5.76. The standard InChI is InChI=1S/C23H22ClN5O3S/c1-13-4-3-9-28(10-13)17(30)11-29-12-25-22-18(23(29)31)14(2)19(33-22)21-26-20(27-32-21)15-5-7-16(24)8-6-15/h5-8,12-13H,3-4,9-11H2,1-2H3/t13-/m0/s1. The van der Waals surface area contributed by atoms with Crippen molar-refractivity contribution in [3.63, 3.8) is 0 Å². The van der Waals surface area contributed by atoms with Gasteiger partial charge in [-0.05, 0) is 55.5 Å². The maximum Gasteiger partial charge on any atom is 0.268 e. The number of carbonyl (C=O) groups excluding carboxylic acids is 1. The van der Waals surface area contributed by atoms with Crippen LogP contribution < -0.4 is 5.56 Å². The lowest BCUT2D eigenvalue weighted by Crippen LogP contribution is -2.42. The summed E-state index contributed by atoms with van der Waals surface area (Å²) in [7, 11) is 0. The summed E-state index contributed by atoms with van der Waals surface area (Å²) in [6.07, 6.45) is 3.57. The first-order valence-corrected chi connectivity index (χ1v) is 12.0. The number of hydrogen-bond acceptors (Lipinski definition) is 7. The number of aryl methyl sites for hydroxylation is 1. The SMILES string of the molecule is Cc1c(-c2nc(-c3ccc(Cl)cc3)no2)sc2ncn(CC(=O)N3CCC[C@H](C)C3)c(=O)c12. The Hall–Kier alpha value is -3.04. The molecule has 8 nitrogen and oxygen atoms in total. The van der Waals surface area contributed by atoms with E-state index in [1.807, 2.05) is 24.0 Å². The fourth-order valence-electron chi connectivity index (χ4n) is 4.17. The molecular formula is C23H22ClN5O3S. The van der Waals surface area contributed by atoms with Crippen LogP contribution in [-0.4, -0.2) is 43.6 Å². The number of halogens is 1. The van der Waals surface area contributed by atoms with Gasteiger partial charge in [0.15, 0.2) is 0 Å². The first-order valence-electron chi connectivity index (χ1n) is 10.8. The molecule has 1 aliphatic rings. The molecule has 0 unspecified atom stereocenters. The molecule has 4 aromatic rings. The van der Waals surface area contributed by atoms with Crippen LogP contribution >= 0.6 is 22.9 Å². The molecule has 1 saturated heterocycles. The van der Waals surface area contributed by atoms with Crippen LogP contribution in [0.5, 0.6) is 0 Å². The highest BCUT2D eigenvalue weighted by Gasteiger charge is 2.24. The van der Waals surface area contributed by atoms with Crippen molar-refractivity contribution >= 4 is 39.1 Å². The van der Waals surface area contributed by atoms with Crippen molar-refractivity contribution in [1.29, 1.82) is 0 Å². The minimum Gasteiger partial charge on any atom is -0.341 e. The molecule has 0 saturated carbocycles. The van der Waals surface area contributed by atoms with E-state index >= 15 is 0 Å². The molecule has 4 heterocycles. The largest absolute Gasteiger partial charge is 0.341 e. The van der Waals surface area contributed by atoms with Gasteiger partial charge in [-0.3, -0.25) is 14.2 Å². The quantitative estimate of drug-likeness (QED) is 0.427. The Morgan fingerprint density at radius 2 is 2.09 bits per heavy atom. The van der Waals surface area contributed by atoms with Crippen LogP contribution in [-0.2, 0) is 11.3 Å². The molecule has 0 aliphatic carbocycles. The predicted molar refractivity (Wildman–Crippen MR) is 127 cm³/mol. The lowest BCUT2D eigenvalue weighted by atomic mass is 10.0. The number of rotatable bonds is 4. The van der Waals surface area contributed by atoms with E-state index in [1.54, 1.807) is 12.1 Å². The van der Waals surface area contributed by atoms with Crippen LogP contribution in [0, 0.1) is 12.8 Å². The van der Waals surface area contributed by atoms with E-state index in [2.05, 4.69) is 22.0 Å². The molecule has 1 atom stereocenters. The van der Waals surface area contributed by atoms with Gasteiger partial charge in [-0.1, -0.05) is 23.7 Å². The molecule has 1 aromatic carbocycles. The lowest BCUT2D eigenvalue weighted by molar-refractivity contribution is -0.133. The second-order valence-electron chi connectivity index (χ2n) is 8.43. The van der Waals surface area contributed by atoms with Crippen molar-refractivity contribution in [2.75, 3.05) is 13.1 Å². The molecule has 0 N–H and O–H groups in total. The Labute approximate surface area is 198 Å². The van der Waals surface area contributed by atoms with Gasteiger partial charge < -0.3 is 9.42 Å². The number of thiophene rings is 1. The summed E-state index contributed by atoms with van der Waals surface area (Å²) in [5.41, 5.74) is 1.25. The highest BCUT2D eigenvalue weighted by Crippen LogP contribution is 2.35. The zero-order chi connectivity index (χ0) is 23.1. The maximum absolute atomic E-state index is 13.2. The summed E-state index contributed by atoms with van der Waals surface area (Å²) >= 11 is 7.27. The lowest BCUT2D eigenvalue weighted by Gasteiger charge is -2.31. The molecule has 1 aliphatic heterocycles. The average molecular weight is 484 g/mol. The van der Waals surface area contributed by atoms with E-state index in [-0.39, 0.29) is 18.0 Å². The molecule has 0 spiro atoms. The molecular weight excluding hydrogens is 462 g/mol. The number of fused-ring (bicyclic) bond motifs is 1. The first kappa shape index (κ1) is 21.8. The summed E-state index contributed by atoms with van der Waals surface area (Å²) < 4.78 is 6.88. The van der Waals surface area contributed by atoms with Gasteiger partial charge in [0, 0.05) is 23.7 Å². The van der Waals surface area contributed by atoms with Crippen molar-refractivity contribution in [1.82, 2.24) is 24.6 Å². The van der Waals surface area contributed by atoms with Crippen LogP contribution in [0.2, 0.25) is 5.02 Å². The summed E-state index contributed by atoms with van der Waals surface area (Å²) in [6.45, 7) is 5.44. The van der Waals surface area contributed by atoms with Gasteiger partial charge in [0.1, 0.15) is 11.4 Å². The number of benzene rings is 1. The second kappa shape index (κ2) is 8.72. The Morgan fingerprint density at radius 3 is 2.85 bits per heavy atom. The fourth-order valence-corrected chi connectivity index (χ4v) is 5.36. The van der Waals surface area contributed by atoms with Gasteiger partial charge >= 0.3 is 0 Å². The number of piperidine rings is 1.